The minimum Gasteiger partial charge on any atom is -0.504 e. The van der Waals surface area contributed by atoms with Gasteiger partial charge in [-0.3, -0.25) is 0 Å². The maximum Gasteiger partial charge on any atom is 0.160 e. The van der Waals surface area contributed by atoms with Gasteiger partial charge in [0.1, 0.15) is 0 Å². The number of phenols is 1. The first kappa shape index (κ1) is 14.9. The maximum absolute atomic E-state index is 9.63. The molecule has 0 radical (unpaired) electrons. The van der Waals surface area contributed by atoms with E-state index in [0.717, 1.165) is 12.0 Å². The molecule has 1 aromatic heterocycles. The summed E-state index contributed by atoms with van der Waals surface area (Å²) in [7, 11) is 1.57. The van der Waals surface area contributed by atoms with Crippen LogP contribution in [-0.2, 0) is 6.42 Å². The predicted molar refractivity (Wildman–Crippen MR) is 83.7 cm³/mol. The Balaban J connectivity index is 1.98. The Kier molecular flexibility index (Phi) is 5.04. The third-order valence-electron chi connectivity index (χ3n) is 3.36. The van der Waals surface area contributed by atoms with Crippen molar-refractivity contribution in [3.63, 3.8) is 0 Å². The van der Waals surface area contributed by atoms with Gasteiger partial charge < -0.3 is 15.2 Å². The molecule has 0 aliphatic heterocycles. The Morgan fingerprint density at radius 1 is 1.30 bits per heavy atom. The zero-order valence-electron chi connectivity index (χ0n) is 12.1. The van der Waals surface area contributed by atoms with Gasteiger partial charge in [-0.25, -0.2) is 0 Å². The molecule has 0 bridgehead atoms. The topological polar surface area (TPSA) is 41.5 Å². The van der Waals surface area contributed by atoms with E-state index >= 15 is 0 Å². The first-order valence-electron chi connectivity index (χ1n) is 6.74. The highest BCUT2D eigenvalue weighted by atomic mass is 32.1. The predicted octanol–water partition coefficient (Wildman–Crippen LogP) is 3.74. The Labute approximate surface area is 124 Å². The fraction of sp³-hybridized carbons (Fsp3) is 0.375. The number of hydrogen-bond donors (Lipinski definition) is 2. The van der Waals surface area contributed by atoms with Crippen molar-refractivity contribution >= 4 is 11.3 Å². The van der Waals surface area contributed by atoms with Crippen molar-refractivity contribution in [2.45, 2.75) is 32.4 Å². The van der Waals surface area contributed by atoms with Crippen molar-refractivity contribution in [2.75, 3.05) is 7.11 Å². The van der Waals surface area contributed by atoms with Crippen LogP contribution in [0.4, 0.5) is 0 Å². The molecule has 0 aliphatic carbocycles. The van der Waals surface area contributed by atoms with Crippen molar-refractivity contribution in [3.05, 3.63) is 46.2 Å². The average Bonchev–Trinajstić information content (AvgIpc) is 2.91. The molecule has 2 aromatic rings. The number of hydrogen-bond acceptors (Lipinski definition) is 4. The van der Waals surface area contributed by atoms with E-state index in [-0.39, 0.29) is 11.8 Å². The Hall–Kier alpha value is -1.52. The lowest BCUT2D eigenvalue weighted by Gasteiger charge is -2.20. The van der Waals surface area contributed by atoms with E-state index < -0.39 is 0 Å². The highest BCUT2D eigenvalue weighted by molar-refractivity contribution is 7.07. The number of ether oxygens (including phenoxy) is 1. The SMILES string of the molecule is COc1cc(C(C)NC(C)Cc2ccsc2)ccc1O. The van der Waals surface area contributed by atoms with Crippen molar-refractivity contribution < 1.29 is 9.84 Å². The monoisotopic (exact) mass is 291 g/mol. The molecule has 3 nitrogen and oxygen atoms in total. The molecular formula is C16H21NO2S. The summed E-state index contributed by atoms with van der Waals surface area (Å²) in [5, 5.41) is 17.5. The molecule has 1 aromatic carbocycles. The summed E-state index contributed by atoms with van der Waals surface area (Å²) in [4.78, 5) is 0. The highest BCUT2D eigenvalue weighted by Crippen LogP contribution is 2.29. The normalized spacial score (nSPS) is 13.9. The van der Waals surface area contributed by atoms with Crippen LogP contribution in [-0.4, -0.2) is 18.3 Å². The van der Waals surface area contributed by atoms with Crippen LogP contribution in [0.3, 0.4) is 0 Å². The average molecular weight is 291 g/mol. The Morgan fingerprint density at radius 3 is 2.75 bits per heavy atom. The standard InChI is InChI=1S/C16H21NO2S/c1-11(8-13-6-7-20-10-13)17-12(2)14-4-5-15(18)16(9-14)19-3/h4-7,9-12,17-18H,8H2,1-3H3. The lowest BCUT2D eigenvalue weighted by atomic mass is 10.0. The number of methoxy groups -OCH3 is 1. The highest BCUT2D eigenvalue weighted by Gasteiger charge is 2.12. The summed E-state index contributed by atoms with van der Waals surface area (Å²) in [5.41, 5.74) is 2.47. The van der Waals surface area contributed by atoms with Gasteiger partial charge in [0.2, 0.25) is 0 Å². The van der Waals surface area contributed by atoms with Crippen LogP contribution in [0.25, 0.3) is 0 Å². The van der Waals surface area contributed by atoms with Gasteiger partial charge >= 0.3 is 0 Å². The Morgan fingerprint density at radius 2 is 2.10 bits per heavy atom. The van der Waals surface area contributed by atoms with Gasteiger partial charge in [-0.15, -0.1) is 0 Å². The molecule has 0 fully saturated rings. The molecule has 2 N–H and O–H groups in total. The van der Waals surface area contributed by atoms with Gasteiger partial charge in [0.05, 0.1) is 7.11 Å². The lowest BCUT2D eigenvalue weighted by Crippen LogP contribution is -2.30. The second-order valence-corrected chi connectivity index (χ2v) is 5.84. The minimum absolute atomic E-state index is 0.176. The van der Waals surface area contributed by atoms with Gasteiger partial charge in [-0.05, 0) is 60.4 Å². The van der Waals surface area contributed by atoms with Gasteiger partial charge in [0, 0.05) is 12.1 Å². The Bertz CT molecular complexity index is 539. The van der Waals surface area contributed by atoms with E-state index in [1.165, 1.54) is 5.56 Å². The summed E-state index contributed by atoms with van der Waals surface area (Å²) in [5.74, 6) is 0.691. The van der Waals surface area contributed by atoms with E-state index in [4.69, 9.17) is 4.74 Å². The molecule has 0 saturated carbocycles. The molecule has 20 heavy (non-hydrogen) atoms. The smallest absolute Gasteiger partial charge is 0.160 e. The quantitative estimate of drug-likeness (QED) is 0.852. The van der Waals surface area contributed by atoms with E-state index in [2.05, 4.69) is 36.0 Å². The summed E-state index contributed by atoms with van der Waals surface area (Å²) in [6.07, 6.45) is 1.02. The van der Waals surface area contributed by atoms with Crippen molar-refractivity contribution in [3.8, 4) is 11.5 Å². The van der Waals surface area contributed by atoms with Gasteiger partial charge in [0.25, 0.3) is 0 Å². The van der Waals surface area contributed by atoms with Gasteiger partial charge in [-0.2, -0.15) is 11.3 Å². The number of thiophene rings is 1. The number of phenolic OH excluding ortho intramolecular Hbond substituents is 1. The second kappa shape index (κ2) is 6.77. The molecule has 0 saturated heterocycles. The van der Waals surface area contributed by atoms with Crippen molar-refractivity contribution in [1.29, 1.82) is 0 Å². The molecule has 0 spiro atoms. The molecule has 2 atom stereocenters. The lowest BCUT2D eigenvalue weighted by molar-refractivity contribution is 0.371. The second-order valence-electron chi connectivity index (χ2n) is 5.06. The van der Waals surface area contributed by atoms with Crippen LogP contribution >= 0.6 is 11.3 Å². The number of nitrogens with one attached hydrogen (secondary N) is 1. The zero-order valence-corrected chi connectivity index (χ0v) is 12.9. The molecule has 2 unspecified atom stereocenters. The summed E-state index contributed by atoms with van der Waals surface area (Å²) in [6, 6.07) is 8.24. The maximum atomic E-state index is 9.63. The van der Waals surface area contributed by atoms with E-state index in [9.17, 15) is 5.11 Å². The molecule has 2 rings (SSSR count). The number of benzene rings is 1. The number of rotatable bonds is 6. The van der Waals surface area contributed by atoms with Crippen LogP contribution in [0.2, 0.25) is 0 Å². The molecule has 0 aliphatic rings. The summed E-state index contributed by atoms with van der Waals surface area (Å²) in [6.45, 7) is 4.31. The van der Waals surface area contributed by atoms with E-state index in [1.54, 1.807) is 24.5 Å². The first-order valence-corrected chi connectivity index (χ1v) is 7.68. The third-order valence-corrected chi connectivity index (χ3v) is 4.09. The fourth-order valence-corrected chi connectivity index (χ4v) is 2.99. The third kappa shape index (κ3) is 3.74. The minimum atomic E-state index is 0.176. The molecule has 108 valence electrons. The fourth-order valence-electron chi connectivity index (χ4n) is 2.31. The van der Waals surface area contributed by atoms with Crippen LogP contribution in [0.15, 0.2) is 35.0 Å². The van der Waals surface area contributed by atoms with Crippen molar-refractivity contribution in [1.82, 2.24) is 5.32 Å². The van der Waals surface area contributed by atoms with Gasteiger partial charge in [0.15, 0.2) is 11.5 Å². The van der Waals surface area contributed by atoms with E-state index in [1.807, 2.05) is 12.1 Å². The number of aromatic hydroxyl groups is 1. The molecule has 4 heteroatoms. The largest absolute Gasteiger partial charge is 0.504 e. The van der Waals surface area contributed by atoms with Crippen molar-refractivity contribution in [2.24, 2.45) is 0 Å². The van der Waals surface area contributed by atoms with Crippen LogP contribution in [0, 0.1) is 0 Å². The zero-order chi connectivity index (χ0) is 14.5. The molecule has 1 heterocycles. The summed E-state index contributed by atoms with van der Waals surface area (Å²) >= 11 is 1.73. The van der Waals surface area contributed by atoms with Crippen LogP contribution in [0.5, 0.6) is 11.5 Å². The molecular weight excluding hydrogens is 270 g/mol. The van der Waals surface area contributed by atoms with Crippen LogP contribution < -0.4 is 10.1 Å². The first-order chi connectivity index (χ1) is 9.60. The van der Waals surface area contributed by atoms with Gasteiger partial charge in [-0.1, -0.05) is 6.07 Å². The van der Waals surface area contributed by atoms with Crippen LogP contribution in [0.1, 0.15) is 31.0 Å². The molecule has 0 amide bonds. The van der Waals surface area contributed by atoms with E-state index in [0.29, 0.717) is 11.8 Å². The summed E-state index contributed by atoms with van der Waals surface area (Å²) < 4.78 is 5.15.